The first-order valence-electron chi connectivity index (χ1n) is 5.90. The van der Waals surface area contributed by atoms with Gasteiger partial charge in [-0.2, -0.15) is 0 Å². The zero-order valence-corrected chi connectivity index (χ0v) is 13.2. The van der Waals surface area contributed by atoms with Gasteiger partial charge in [-0.3, -0.25) is 4.79 Å². The lowest BCUT2D eigenvalue weighted by molar-refractivity contribution is -0.136. The van der Waals surface area contributed by atoms with E-state index in [2.05, 4.69) is 15.9 Å². The summed E-state index contributed by atoms with van der Waals surface area (Å²) in [5.41, 5.74) is 0.801. The Bertz CT molecular complexity index is 611. The van der Waals surface area contributed by atoms with E-state index in [-0.39, 0.29) is 6.42 Å². The highest BCUT2D eigenvalue weighted by Gasteiger charge is 2.04. The number of halogens is 1. The number of hydrogen-bond donors (Lipinski definition) is 1. The van der Waals surface area contributed by atoms with Crippen molar-refractivity contribution in [2.75, 3.05) is 7.11 Å². The molecular weight excluding hydrogens is 340 g/mol. The maximum atomic E-state index is 10.6. The maximum absolute atomic E-state index is 10.6. The van der Waals surface area contributed by atoms with Gasteiger partial charge in [0.2, 0.25) is 0 Å². The summed E-state index contributed by atoms with van der Waals surface area (Å²) in [6, 6.07) is 13.4. The monoisotopic (exact) mass is 352 g/mol. The van der Waals surface area contributed by atoms with Gasteiger partial charge in [0.05, 0.1) is 18.0 Å². The van der Waals surface area contributed by atoms with Crippen molar-refractivity contribution in [3.63, 3.8) is 0 Å². The van der Waals surface area contributed by atoms with Crippen LogP contribution in [0.15, 0.2) is 56.7 Å². The lowest BCUT2D eigenvalue weighted by Gasteiger charge is -2.07. The predicted octanol–water partition coefficient (Wildman–Crippen LogP) is 4.24. The summed E-state index contributed by atoms with van der Waals surface area (Å²) >= 11 is 5.02. The molecule has 2 rings (SSSR count). The smallest absolute Gasteiger partial charge is 0.307 e. The summed E-state index contributed by atoms with van der Waals surface area (Å²) in [6.07, 6.45) is 0.0526. The van der Waals surface area contributed by atoms with Gasteiger partial charge >= 0.3 is 5.97 Å². The van der Waals surface area contributed by atoms with E-state index >= 15 is 0 Å². The fourth-order valence-corrected chi connectivity index (χ4v) is 2.94. The number of methoxy groups -OCH3 is 1. The molecule has 0 aliphatic rings. The summed E-state index contributed by atoms with van der Waals surface area (Å²) in [6.45, 7) is 0. The highest BCUT2D eigenvalue weighted by Crippen LogP contribution is 2.34. The van der Waals surface area contributed by atoms with E-state index in [1.165, 1.54) is 0 Å². The third-order valence-corrected chi connectivity index (χ3v) is 4.29. The van der Waals surface area contributed by atoms with Gasteiger partial charge in [0.15, 0.2) is 0 Å². The number of ether oxygens (including phenoxy) is 1. The Balaban J connectivity index is 2.11. The SMILES string of the molecule is COc1cc(Sc2ccc(CC(=O)O)cc2)ccc1Br. The molecule has 0 bridgehead atoms. The summed E-state index contributed by atoms with van der Waals surface area (Å²) in [4.78, 5) is 12.7. The van der Waals surface area contributed by atoms with Crippen molar-refractivity contribution in [3.8, 4) is 5.75 Å². The Morgan fingerprint density at radius 1 is 1.20 bits per heavy atom. The largest absolute Gasteiger partial charge is 0.496 e. The maximum Gasteiger partial charge on any atom is 0.307 e. The molecular formula is C15H13BrO3S. The average Bonchev–Trinajstić information content (AvgIpc) is 2.42. The van der Waals surface area contributed by atoms with Crippen LogP contribution in [0, 0.1) is 0 Å². The second-order valence-corrected chi connectivity index (χ2v) is 6.11. The van der Waals surface area contributed by atoms with E-state index in [9.17, 15) is 4.79 Å². The third-order valence-electron chi connectivity index (χ3n) is 2.64. The molecule has 0 atom stereocenters. The molecule has 2 aromatic carbocycles. The van der Waals surface area contributed by atoms with Crippen molar-refractivity contribution in [1.29, 1.82) is 0 Å². The van der Waals surface area contributed by atoms with Crippen molar-refractivity contribution in [3.05, 3.63) is 52.5 Å². The molecule has 0 saturated carbocycles. The Hall–Kier alpha value is -1.46. The summed E-state index contributed by atoms with van der Waals surface area (Å²) in [5.74, 6) is -0.0273. The van der Waals surface area contributed by atoms with Gasteiger partial charge in [0.1, 0.15) is 5.75 Å². The molecule has 0 aliphatic carbocycles. The number of aliphatic carboxylic acids is 1. The topological polar surface area (TPSA) is 46.5 Å². The predicted molar refractivity (Wildman–Crippen MR) is 82.6 cm³/mol. The molecule has 0 aliphatic heterocycles. The average molecular weight is 353 g/mol. The van der Waals surface area contributed by atoms with E-state index in [0.717, 1.165) is 25.6 Å². The molecule has 0 radical (unpaired) electrons. The van der Waals surface area contributed by atoms with Gasteiger partial charge < -0.3 is 9.84 Å². The van der Waals surface area contributed by atoms with Crippen LogP contribution in [0.2, 0.25) is 0 Å². The van der Waals surface area contributed by atoms with E-state index in [1.807, 2.05) is 42.5 Å². The molecule has 0 fully saturated rings. The van der Waals surface area contributed by atoms with Crippen LogP contribution < -0.4 is 4.74 Å². The van der Waals surface area contributed by atoms with Gasteiger partial charge in [-0.1, -0.05) is 23.9 Å². The Morgan fingerprint density at radius 2 is 1.85 bits per heavy atom. The minimum absolute atomic E-state index is 0.0526. The quantitative estimate of drug-likeness (QED) is 0.874. The van der Waals surface area contributed by atoms with Crippen LogP contribution in [0.1, 0.15) is 5.56 Å². The van der Waals surface area contributed by atoms with Crippen LogP contribution in [0.5, 0.6) is 5.75 Å². The number of hydrogen-bond acceptors (Lipinski definition) is 3. The Morgan fingerprint density at radius 3 is 2.45 bits per heavy atom. The standard InChI is InChI=1S/C15H13BrO3S/c1-19-14-9-12(6-7-13(14)16)20-11-4-2-10(3-5-11)8-15(17)18/h2-7,9H,8H2,1H3,(H,17,18). The number of carboxylic acid groups (broad SMARTS) is 1. The van der Waals surface area contributed by atoms with Crippen molar-refractivity contribution in [1.82, 2.24) is 0 Å². The minimum atomic E-state index is -0.817. The summed E-state index contributed by atoms with van der Waals surface area (Å²) in [7, 11) is 1.63. The zero-order chi connectivity index (χ0) is 14.5. The molecule has 104 valence electrons. The number of carboxylic acids is 1. The number of carbonyl (C=O) groups is 1. The van der Waals surface area contributed by atoms with Gasteiger partial charge in [0, 0.05) is 9.79 Å². The fourth-order valence-electron chi connectivity index (χ4n) is 1.69. The first-order valence-corrected chi connectivity index (χ1v) is 7.51. The van der Waals surface area contributed by atoms with E-state index in [0.29, 0.717) is 0 Å². The highest BCUT2D eigenvalue weighted by molar-refractivity contribution is 9.10. The summed E-state index contributed by atoms with van der Waals surface area (Å²) in [5, 5.41) is 8.73. The van der Waals surface area contributed by atoms with Gasteiger partial charge in [-0.05, 0) is 51.8 Å². The molecule has 1 N–H and O–H groups in total. The first kappa shape index (κ1) is 14.9. The molecule has 0 amide bonds. The van der Waals surface area contributed by atoms with Crippen molar-refractivity contribution < 1.29 is 14.6 Å². The highest BCUT2D eigenvalue weighted by atomic mass is 79.9. The molecule has 0 spiro atoms. The molecule has 0 unspecified atom stereocenters. The normalized spacial score (nSPS) is 10.3. The molecule has 0 heterocycles. The molecule has 3 nitrogen and oxygen atoms in total. The van der Waals surface area contributed by atoms with Crippen LogP contribution in [0.4, 0.5) is 0 Å². The minimum Gasteiger partial charge on any atom is -0.496 e. The molecule has 5 heteroatoms. The molecule has 2 aromatic rings. The molecule has 0 saturated heterocycles. The number of rotatable bonds is 5. The third kappa shape index (κ3) is 4.02. The van der Waals surface area contributed by atoms with Crippen LogP contribution in [0.25, 0.3) is 0 Å². The lowest BCUT2D eigenvalue weighted by atomic mass is 10.2. The Kier molecular flexibility index (Phi) is 5.09. The van der Waals surface area contributed by atoms with Crippen LogP contribution in [-0.2, 0) is 11.2 Å². The first-order chi connectivity index (χ1) is 9.58. The van der Waals surface area contributed by atoms with Crippen molar-refractivity contribution in [2.45, 2.75) is 16.2 Å². The van der Waals surface area contributed by atoms with Crippen LogP contribution >= 0.6 is 27.7 Å². The van der Waals surface area contributed by atoms with Crippen molar-refractivity contribution >= 4 is 33.7 Å². The molecule has 0 aromatic heterocycles. The number of benzene rings is 2. The fraction of sp³-hybridized carbons (Fsp3) is 0.133. The van der Waals surface area contributed by atoms with E-state index < -0.39 is 5.97 Å². The second kappa shape index (κ2) is 6.81. The van der Waals surface area contributed by atoms with Gasteiger partial charge in [-0.15, -0.1) is 0 Å². The second-order valence-electron chi connectivity index (χ2n) is 4.11. The Labute approximate surface area is 130 Å². The van der Waals surface area contributed by atoms with E-state index in [1.54, 1.807) is 18.9 Å². The van der Waals surface area contributed by atoms with Crippen molar-refractivity contribution in [2.24, 2.45) is 0 Å². The van der Waals surface area contributed by atoms with Gasteiger partial charge in [0.25, 0.3) is 0 Å². The van der Waals surface area contributed by atoms with E-state index in [4.69, 9.17) is 9.84 Å². The molecule has 20 heavy (non-hydrogen) atoms. The zero-order valence-electron chi connectivity index (χ0n) is 10.8. The van der Waals surface area contributed by atoms with Gasteiger partial charge in [-0.25, -0.2) is 0 Å². The summed E-state index contributed by atoms with van der Waals surface area (Å²) < 4.78 is 6.18. The lowest BCUT2D eigenvalue weighted by Crippen LogP contribution is -1.99. The van der Waals surface area contributed by atoms with Crippen LogP contribution in [0.3, 0.4) is 0 Å². The van der Waals surface area contributed by atoms with Crippen LogP contribution in [-0.4, -0.2) is 18.2 Å².